The van der Waals surface area contributed by atoms with Gasteiger partial charge in [-0.05, 0) is 23.8 Å². The molecule has 2 rings (SSSR count). The van der Waals surface area contributed by atoms with E-state index >= 15 is 0 Å². The SMILES string of the molecule is CC(C(=O)Nc1ccc(F)c(Cl)c1)C(N)c1ccccc1. The number of hydrogen-bond donors (Lipinski definition) is 2. The van der Waals surface area contributed by atoms with Crippen LogP contribution in [0.15, 0.2) is 48.5 Å². The van der Waals surface area contributed by atoms with Crippen molar-refractivity contribution in [2.24, 2.45) is 11.7 Å². The number of carbonyl (C=O) groups excluding carboxylic acids is 1. The second-order valence-corrected chi connectivity index (χ2v) is 5.25. The van der Waals surface area contributed by atoms with Gasteiger partial charge in [0.15, 0.2) is 0 Å². The summed E-state index contributed by atoms with van der Waals surface area (Å²) in [6, 6.07) is 13.0. The lowest BCUT2D eigenvalue weighted by Gasteiger charge is -2.20. The van der Waals surface area contributed by atoms with E-state index in [0.29, 0.717) is 5.69 Å². The molecular weight excluding hydrogens is 291 g/mol. The zero-order chi connectivity index (χ0) is 15.4. The second-order valence-electron chi connectivity index (χ2n) is 4.84. The van der Waals surface area contributed by atoms with Crippen LogP contribution in [0.1, 0.15) is 18.5 Å². The molecule has 5 heteroatoms. The number of amides is 1. The van der Waals surface area contributed by atoms with Gasteiger partial charge in [-0.15, -0.1) is 0 Å². The highest BCUT2D eigenvalue weighted by molar-refractivity contribution is 6.31. The van der Waals surface area contributed by atoms with Gasteiger partial charge in [-0.3, -0.25) is 4.79 Å². The average molecular weight is 307 g/mol. The average Bonchev–Trinajstić information content (AvgIpc) is 2.50. The fourth-order valence-corrected chi connectivity index (χ4v) is 2.14. The fourth-order valence-electron chi connectivity index (χ4n) is 1.96. The first-order valence-electron chi connectivity index (χ1n) is 6.55. The number of rotatable bonds is 4. The molecule has 0 saturated heterocycles. The number of nitrogens with one attached hydrogen (secondary N) is 1. The molecule has 2 atom stereocenters. The molecule has 110 valence electrons. The van der Waals surface area contributed by atoms with Gasteiger partial charge in [-0.25, -0.2) is 4.39 Å². The van der Waals surface area contributed by atoms with Gasteiger partial charge in [-0.2, -0.15) is 0 Å². The molecule has 0 aromatic heterocycles. The zero-order valence-corrected chi connectivity index (χ0v) is 12.3. The highest BCUT2D eigenvalue weighted by Gasteiger charge is 2.22. The zero-order valence-electron chi connectivity index (χ0n) is 11.5. The Morgan fingerprint density at radius 2 is 1.90 bits per heavy atom. The number of nitrogens with two attached hydrogens (primary N) is 1. The van der Waals surface area contributed by atoms with Crippen molar-refractivity contribution in [3.05, 3.63) is 64.9 Å². The van der Waals surface area contributed by atoms with Gasteiger partial charge in [0.25, 0.3) is 0 Å². The van der Waals surface area contributed by atoms with E-state index < -0.39 is 17.8 Å². The number of carbonyl (C=O) groups is 1. The van der Waals surface area contributed by atoms with Crippen LogP contribution < -0.4 is 11.1 Å². The first kappa shape index (κ1) is 15.5. The lowest BCUT2D eigenvalue weighted by atomic mass is 9.94. The molecule has 0 aliphatic heterocycles. The molecule has 0 fully saturated rings. The van der Waals surface area contributed by atoms with Crippen molar-refractivity contribution >= 4 is 23.2 Å². The molecule has 0 aliphatic carbocycles. The molecule has 2 aromatic carbocycles. The van der Waals surface area contributed by atoms with E-state index in [-0.39, 0.29) is 10.9 Å². The topological polar surface area (TPSA) is 55.1 Å². The molecule has 0 heterocycles. The van der Waals surface area contributed by atoms with Crippen LogP contribution in [0.25, 0.3) is 0 Å². The Balaban J connectivity index is 2.07. The fraction of sp³-hybridized carbons (Fsp3) is 0.188. The van der Waals surface area contributed by atoms with Crippen molar-refractivity contribution < 1.29 is 9.18 Å². The van der Waals surface area contributed by atoms with Crippen molar-refractivity contribution in [2.45, 2.75) is 13.0 Å². The number of anilines is 1. The van der Waals surface area contributed by atoms with Gasteiger partial charge >= 0.3 is 0 Å². The summed E-state index contributed by atoms with van der Waals surface area (Å²) in [7, 11) is 0. The summed E-state index contributed by atoms with van der Waals surface area (Å²) >= 11 is 5.68. The van der Waals surface area contributed by atoms with E-state index in [1.165, 1.54) is 18.2 Å². The summed E-state index contributed by atoms with van der Waals surface area (Å²) in [5, 5.41) is 2.66. The molecule has 21 heavy (non-hydrogen) atoms. The van der Waals surface area contributed by atoms with E-state index in [0.717, 1.165) is 5.56 Å². The summed E-state index contributed by atoms with van der Waals surface area (Å²) in [4.78, 5) is 12.2. The van der Waals surface area contributed by atoms with E-state index in [1.54, 1.807) is 6.92 Å². The molecule has 2 unspecified atom stereocenters. The Morgan fingerprint density at radius 1 is 1.24 bits per heavy atom. The molecule has 0 spiro atoms. The first-order valence-corrected chi connectivity index (χ1v) is 6.93. The Hall–Kier alpha value is -1.91. The van der Waals surface area contributed by atoms with Gasteiger partial charge in [0.1, 0.15) is 5.82 Å². The maximum absolute atomic E-state index is 13.1. The molecular formula is C16H16ClFN2O. The molecule has 0 bridgehead atoms. The summed E-state index contributed by atoms with van der Waals surface area (Å²) in [6.45, 7) is 1.75. The largest absolute Gasteiger partial charge is 0.326 e. The molecule has 0 saturated carbocycles. The number of benzene rings is 2. The van der Waals surface area contributed by atoms with Crippen LogP contribution in [0.4, 0.5) is 10.1 Å². The molecule has 1 amide bonds. The van der Waals surface area contributed by atoms with E-state index in [9.17, 15) is 9.18 Å². The van der Waals surface area contributed by atoms with Crippen molar-refractivity contribution in [1.29, 1.82) is 0 Å². The smallest absolute Gasteiger partial charge is 0.229 e. The minimum Gasteiger partial charge on any atom is -0.326 e. The molecule has 3 N–H and O–H groups in total. The summed E-state index contributed by atoms with van der Waals surface area (Å²) in [5.74, 6) is -1.20. The molecule has 0 aliphatic rings. The van der Waals surface area contributed by atoms with Gasteiger partial charge in [0.05, 0.1) is 10.9 Å². The van der Waals surface area contributed by atoms with Crippen LogP contribution >= 0.6 is 11.6 Å². The van der Waals surface area contributed by atoms with Crippen LogP contribution in [-0.2, 0) is 4.79 Å². The van der Waals surface area contributed by atoms with Gasteiger partial charge in [-0.1, -0.05) is 48.9 Å². The summed E-state index contributed by atoms with van der Waals surface area (Å²) < 4.78 is 13.1. The van der Waals surface area contributed by atoms with Crippen molar-refractivity contribution in [2.75, 3.05) is 5.32 Å². The van der Waals surface area contributed by atoms with Crippen LogP contribution in [0, 0.1) is 11.7 Å². The minimum atomic E-state index is -0.524. The van der Waals surface area contributed by atoms with Crippen LogP contribution in [0.3, 0.4) is 0 Å². The van der Waals surface area contributed by atoms with Crippen molar-refractivity contribution in [3.63, 3.8) is 0 Å². The maximum atomic E-state index is 13.1. The third kappa shape index (κ3) is 3.80. The monoisotopic (exact) mass is 306 g/mol. The first-order chi connectivity index (χ1) is 9.99. The van der Waals surface area contributed by atoms with E-state index in [1.807, 2.05) is 30.3 Å². The van der Waals surface area contributed by atoms with Gasteiger partial charge < -0.3 is 11.1 Å². The molecule has 0 radical (unpaired) electrons. The normalized spacial score (nSPS) is 13.5. The highest BCUT2D eigenvalue weighted by Crippen LogP contribution is 2.23. The van der Waals surface area contributed by atoms with Gasteiger partial charge in [0, 0.05) is 11.7 Å². The molecule has 2 aromatic rings. The number of halogens is 2. The van der Waals surface area contributed by atoms with Crippen LogP contribution in [0.2, 0.25) is 5.02 Å². The Kier molecular flexibility index (Phi) is 4.94. The number of hydrogen-bond acceptors (Lipinski definition) is 2. The van der Waals surface area contributed by atoms with Crippen LogP contribution in [0.5, 0.6) is 0 Å². The standard InChI is InChI=1S/C16H16ClFN2O/c1-10(15(19)11-5-3-2-4-6-11)16(21)20-12-7-8-14(18)13(17)9-12/h2-10,15H,19H2,1H3,(H,20,21). The molecule has 3 nitrogen and oxygen atoms in total. The Bertz CT molecular complexity index is 633. The summed E-state index contributed by atoms with van der Waals surface area (Å²) in [5.41, 5.74) is 7.43. The quantitative estimate of drug-likeness (QED) is 0.903. The lowest BCUT2D eigenvalue weighted by Crippen LogP contribution is -2.30. The summed E-state index contributed by atoms with van der Waals surface area (Å²) in [6.07, 6.45) is 0. The Labute approximate surface area is 127 Å². The second kappa shape index (κ2) is 6.70. The third-order valence-corrected chi connectivity index (χ3v) is 3.61. The maximum Gasteiger partial charge on any atom is 0.229 e. The Morgan fingerprint density at radius 3 is 2.52 bits per heavy atom. The lowest BCUT2D eigenvalue weighted by molar-refractivity contribution is -0.120. The van der Waals surface area contributed by atoms with E-state index in [2.05, 4.69) is 5.32 Å². The van der Waals surface area contributed by atoms with Crippen molar-refractivity contribution in [1.82, 2.24) is 0 Å². The minimum absolute atomic E-state index is 0.0344. The van der Waals surface area contributed by atoms with Gasteiger partial charge in [0.2, 0.25) is 5.91 Å². The van der Waals surface area contributed by atoms with Crippen LogP contribution in [-0.4, -0.2) is 5.91 Å². The highest BCUT2D eigenvalue weighted by atomic mass is 35.5. The van der Waals surface area contributed by atoms with E-state index in [4.69, 9.17) is 17.3 Å². The van der Waals surface area contributed by atoms with Crippen molar-refractivity contribution in [3.8, 4) is 0 Å². The third-order valence-electron chi connectivity index (χ3n) is 3.32. The predicted molar refractivity (Wildman–Crippen MR) is 82.6 cm³/mol. The predicted octanol–water partition coefficient (Wildman–Crippen LogP) is 3.75.